The van der Waals surface area contributed by atoms with Gasteiger partial charge >= 0.3 is 0 Å². The van der Waals surface area contributed by atoms with Gasteiger partial charge in [-0.25, -0.2) is 0 Å². The van der Waals surface area contributed by atoms with Gasteiger partial charge in [-0.2, -0.15) is 0 Å². The molecule has 2 atom stereocenters. The molecule has 0 aliphatic heterocycles. The highest BCUT2D eigenvalue weighted by atomic mass is 14.4. The summed E-state index contributed by atoms with van der Waals surface area (Å²) in [6.45, 7) is 6.55. The third kappa shape index (κ3) is 1.80. The Kier molecular flexibility index (Phi) is 3.10. The molecule has 2 aliphatic rings. The molecule has 2 bridgehead atoms. The molecule has 0 heterocycles. The van der Waals surface area contributed by atoms with Crippen LogP contribution in [0.4, 0.5) is 0 Å². The number of allylic oxidation sites excluding steroid dienone is 3. The fraction of sp³-hybridized carbons (Fsp3) is 0.714. The lowest BCUT2D eigenvalue weighted by atomic mass is 9.87. The Morgan fingerprint density at radius 3 is 2.86 bits per heavy atom. The number of unbranched alkanes of at least 4 members (excludes halogenated alkanes) is 3. The predicted octanol–water partition coefficient (Wildman–Crippen LogP) is 4.48. The molecule has 2 aliphatic carbocycles. The van der Waals surface area contributed by atoms with Gasteiger partial charge in [0.15, 0.2) is 0 Å². The highest BCUT2D eigenvalue weighted by Crippen LogP contribution is 2.49. The highest BCUT2D eigenvalue weighted by Gasteiger charge is 2.35. The summed E-state index contributed by atoms with van der Waals surface area (Å²) in [6.07, 6.45) is 12.1. The van der Waals surface area contributed by atoms with Gasteiger partial charge in [0.05, 0.1) is 0 Å². The summed E-state index contributed by atoms with van der Waals surface area (Å²) in [4.78, 5) is 0. The minimum Gasteiger partial charge on any atom is -0.0990 e. The molecular formula is C14H22. The molecule has 0 radical (unpaired) electrons. The molecule has 78 valence electrons. The van der Waals surface area contributed by atoms with E-state index in [1.807, 2.05) is 0 Å². The third-order valence-electron chi connectivity index (χ3n) is 3.91. The van der Waals surface area contributed by atoms with E-state index in [2.05, 4.69) is 19.6 Å². The first kappa shape index (κ1) is 10.0. The Labute approximate surface area is 88.1 Å². The van der Waals surface area contributed by atoms with E-state index in [-0.39, 0.29) is 0 Å². The molecule has 14 heavy (non-hydrogen) atoms. The zero-order valence-corrected chi connectivity index (χ0v) is 9.39. The standard InChI is InChI=1S/C14H22/c1-3-4-5-6-7-14-11(2)12-8-9-13(14)10-12/h9,12,14H,2-8,10H2,1H3. The predicted molar refractivity (Wildman–Crippen MR) is 62.2 cm³/mol. The Morgan fingerprint density at radius 2 is 2.21 bits per heavy atom. The van der Waals surface area contributed by atoms with Crippen LogP contribution < -0.4 is 0 Å². The Hall–Kier alpha value is -0.520. The van der Waals surface area contributed by atoms with Crippen LogP contribution in [0, 0.1) is 11.8 Å². The molecule has 2 rings (SSSR count). The van der Waals surface area contributed by atoms with Crippen molar-refractivity contribution in [2.75, 3.05) is 0 Å². The summed E-state index contributed by atoms with van der Waals surface area (Å²) in [5.41, 5.74) is 3.27. The van der Waals surface area contributed by atoms with Gasteiger partial charge in [-0.15, -0.1) is 0 Å². The lowest BCUT2D eigenvalue weighted by Crippen LogP contribution is -2.05. The van der Waals surface area contributed by atoms with Crippen molar-refractivity contribution >= 4 is 0 Å². The Balaban J connectivity index is 1.78. The van der Waals surface area contributed by atoms with Gasteiger partial charge in [-0.05, 0) is 25.2 Å². The summed E-state index contributed by atoms with van der Waals surface area (Å²) in [5.74, 6) is 1.62. The topological polar surface area (TPSA) is 0 Å². The van der Waals surface area contributed by atoms with E-state index >= 15 is 0 Å². The second kappa shape index (κ2) is 4.33. The van der Waals surface area contributed by atoms with Crippen LogP contribution in [0.2, 0.25) is 0 Å². The fourth-order valence-electron chi connectivity index (χ4n) is 2.98. The van der Waals surface area contributed by atoms with Gasteiger partial charge in [0.1, 0.15) is 0 Å². The van der Waals surface area contributed by atoms with Crippen molar-refractivity contribution in [2.24, 2.45) is 11.8 Å². The first-order valence-electron chi connectivity index (χ1n) is 6.20. The molecule has 0 spiro atoms. The first-order chi connectivity index (χ1) is 6.83. The molecule has 0 nitrogen and oxygen atoms in total. The molecule has 0 amide bonds. The minimum atomic E-state index is 0.783. The Bertz CT molecular complexity index is 247. The van der Waals surface area contributed by atoms with Crippen LogP contribution in [-0.2, 0) is 0 Å². The maximum absolute atomic E-state index is 4.28. The molecule has 2 unspecified atom stereocenters. The second-order valence-electron chi connectivity index (χ2n) is 4.89. The van der Waals surface area contributed by atoms with Crippen molar-refractivity contribution in [3.8, 4) is 0 Å². The maximum Gasteiger partial charge on any atom is 0.000745 e. The van der Waals surface area contributed by atoms with Crippen molar-refractivity contribution in [3.05, 3.63) is 23.8 Å². The number of hydrogen-bond acceptors (Lipinski definition) is 0. The zero-order valence-electron chi connectivity index (χ0n) is 9.39. The lowest BCUT2D eigenvalue weighted by molar-refractivity contribution is 0.551. The fourth-order valence-corrected chi connectivity index (χ4v) is 2.98. The van der Waals surface area contributed by atoms with Gasteiger partial charge in [0, 0.05) is 5.92 Å². The number of hydrogen-bond donors (Lipinski definition) is 0. The second-order valence-corrected chi connectivity index (χ2v) is 4.89. The van der Waals surface area contributed by atoms with Gasteiger partial charge < -0.3 is 0 Å². The smallest absolute Gasteiger partial charge is 0.000745 e. The van der Waals surface area contributed by atoms with Crippen LogP contribution in [0.1, 0.15) is 51.9 Å². The van der Waals surface area contributed by atoms with Crippen molar-refractivity contribution < 1.29 is 0 Å². The van der Waals surface area contributed by atoms with E-state index < -0.39 is 0 Å². The summed E-state index contributed by atoms with van der Waals surface area (Å²) >= 11 is 0. The largest absolute Gasteiger partial charge is 0.0990 e. The quantitative estimate of drug-likeness (QED) is 0.443. The summed E-state index contributed by atoms with van der Waals surface area (Å²) in [7, 11) is 0. The van der Waals surface area contributed by atoms with Crippen molar-refractivity contribution in [2.45, 2.75) is 51.9 Å². The molecule has 1 fully saturated rings. The minimum absolute atomic E-state index is 0.783. The van der Waals surface area contributed by atoms with Gasteiger partial charge in [0.2, 0.25) is 0 Å². The van der Waals surface area contributed by atoms with Gasteiger partial charge in [0.25, 0.3) is 0 Å². The van der Waals surface area contributed by atoms with E-state index in [1.165, 1.54) is 44.9 Å². The van der Waals surface area contributed by atoms with Gasteiger partial charge in [-0.1, -0.05) is 56.4 Å². The van der Waals surface area contributed by atoms with Crippen LogP contribution in [0.3, 0.4) is 0 Å². The average molecular weight is 190 g/mol. The average Bonchev–Trinajstić information content (AvgIpc) is 2.75. The maximum atomic E-state index is 4.28. The number of rotatable bonds is 5. The van der Waals surface area contributed by atoms with E-state index in [4.69, 9.17) is 0 Å². The monoisotopic (exact) mass is 190 g/mol. The highest BCUT2D eigenvalue weighted by molar-refractivity contribution is 5.35. The molecule has 0 aromatic heterocycles. The van der Waals surface area contributed by atoms with E-state index in [0.29, 0.717) is 0 Å². The van der Waals surface area contributed by atoms with Crippen LogP contribution in [0.15, 0.2) is 23.8 Å². The molecule has 0 heteroatoms. The number of fused-ring (bicyclic) bond motifs is 2. The third-order valence-corrected chi connectivity index (χ3v) is 3.91. The van der Waals surface area contributed by atoms with E-state index in [0.717, 1.165) is 11.8 Å². The van der Waals surface area contributed by atoms with Crippen LogP contribution in [-0.4, -0.2) is 0 Å². The molecule has 0 aromatic carbocycles. The van der Waals surface area contributed by atoms with Crippen LogP contribution in [0.5, 0.6) is 0 Å². The summed E-state index contributed by atoms with van der Waals surface area (Å²) in [6, 6.07) is 0. The van der Waals surface area contributed by atoms with Crippen LogP contribution >= 0.6 is 0 Å². The molecule has 0 aromatic rings. The molecular weight excluding hydrogens is 168 g/mol. The van der Waals surface area contributed by atoms with E-state index in [9.17, 15) is 0 Å². The first-order valence-corrected chi connectivity index (χ1v) is 6.20. The molecule has 1 saturated carbocycles. The molecule has 0 saturated heterocycles. The van der Waals surface area contributed by atoms with E-state index in [1.54, 1.807) is 11.1 Å². The van der Waals surface area contributed by atoms with Crippen molar-refractivity contribution in [1.82, 2.24) is 0 Å². The normalized spacial score (nSPS) is 29.8. The Morgan fingerprint density at radius 1 is 1.36 bits per heavy atom. The summed E-state index contributed by atoms with van der Waals surface area (Å²) in [5, 5.41) is 0. The zero-order chi connectivity index (χ0) is 9.97. The molecule has 0 N–H and O–H groups in total. The van der Waals surface area contributed by atoms with Crippen molar-refractivity contribution in [1.29, 1.82) is 0 Å². The van der Waals surface area contributed by atoms with Crippen molar-refractivity contribution in [3.63, 3.8) is 0 Å². The lowest BCUT2D eigenvalue weighted by Gasteiger charge is -2.18. The SMILES string of the molecule is C=C1C2CC=C(C2)C1CCCCCC. The van der Waals surface area contributed by atoms with Crippen LogP contribution in [0.25, 0.3) is 0 Å². The summed E-state index contributed by atoms with van der Waals surface area (Å²) < 4.78 is 0. The van der Waals surface area contributed by atoms with Gasteiger partial charge in [-0.3, -0.25) is 0 Å².